The van der Waals surface area contributed by atoms with Gasteiger partial charge in [0.1, 0.15) is 5.82 Å². The number of ether oxygens (including phenoxy) is 1. The molecule has 0 saturated carbocycles. The van der Waals surface area contributed by atoms with Crippen LogP contribution in [0.25, 0.3) is 0 Å². The number of unbranched alkanes of at least 4 members (excludes halogenated alkanes) is 3. The summed E-state index contributed by atoms with van der Waals surface area (Å²) in [6, 6.07) is 11.2. The molecule has 0 aliphatic rings. The van der Waals surface area contributed by atoms with Gasteiger partial charge in [-0.2, -0.15) is 0 Å². The molecule has 0 amide bonds. The topological polar surface area (TPSA) is 72.5 Å². The van der Waals surface area contributed by atoms with Gasteiger partial charge < -0.3 is 4.74 Å². The van der Waals surface area contributed by atoms with Gasteiger partial charge in [0.2, 0.25) is 10.0 Å². The summed E-state index contributed by atoms with van der Waals surface area (Å²) in [5.41, 5.74) is 0.567. The Morgan fingerprint density at radius 2 is 1.79 bits per heavy atom. The quantitative estimate of drug-likeness (QED) is 0.393. The van der Waals surface area contributed by atoms with Gasteiger partial charge in [-0.05, 0) is 54.8 Å². The van der Waals surface area contributed by atoms with E-state index in [4.69, 9.17) is 11.6 Å². The number of nitrogens with one attached hydrogen (secondary N) is 1. The number of benzene rings is 2. The smallest absolute Gasteiger partial charge is 0.305 e. The van der Waals surface area contributed by atoms with Gasteiger partial charge in [0.05, 0.1) is 12.0 Å². The minimum absolute atomic E-state index is 0.0985. The van der Waals surface area contributed by atoms with Gasteiger partial charge in [-0.3, -0.25) is 4.79 Å². The molecule has 0 aliphatic heterocycles. The summed E-state index contributed by atoms with van der Waals surface area (Å²) in [7, 11) is -2.43. The number of rotatable bonds is 11. The van der Waals surface area contributed by atoms with E-state index in [1.807, 2.05) is 0 Å². The first-order valence-electron chi connectivity index (χ1n) is 9.42. The van der Waals surface area contributed by atoms with Crippen molar-refractivity contribution in [1.29, 1.82) is 0 Å². The largest absolute Gasteiger partial charge is 0.469 e. The number of carbonyl (C=O) groups is 1. The summed E-state index contributed by atoms with van der Waals surface area (Å²) in [5, 5.41) is 0.442. The fourth-order valence-corrected chi connectivity index (χ4v) is 4.34. The van der Waals surface area contributed by atoms with Crippen LogP contribution < -0.4 is 4.72 Å². The lowest BCUT2D eigenvalue weighted by Gasteiger charge is -2.19. The van der Waals surface area contributed by atoms with Crippen LogP contribution in [0.2, 0.25) is 5.02 Å². The first-order valence-corrected chi connectivity index (χ1v) is 11.3. The summed E-state index contributed by atoms with van der Waals surface area (Å²) >= 11 is 5.83. The molecule has 1 N–H and O–H groups in total. The summed E-state index contributed by atoms with van der Waals surface area (Å²) in [5.74, 6) is -0.658. The van der Waals surface area contributed by atoms with Crippen LogP contribution >= 0.6 is 11.6 Å². The van der Waals surface area contributed by atoms with Crippen LogP contribution in [0, 0.1) is 5.82 Å². The molecule has 29 heavy (non-hydrogen) atoms. The molecule has 0 aliphatic carbocycles. The number of methoxy groups -OCH3 is 1. The normalized spacial score (nSPS) is 12.5. The second-order valence-corrected chi connectivity index (χ2v) is 8.86. The summed E-state index contributed by atoms with van der Waals surface area (Å²) in [6.45, 7) is 0. The first-order chi connectivity index (χ1) is 13.8. The van der Waals surface area contributed by atoms with Gasteiger partial charge in [-0.15, -0.1) is 0 Å². The number of esters is 1. The van der Waals surface area contributed by atoms with Crippen molar-refractivity contribution in [3.05, 3.63) is 64.9 Å². The highest BCUT2D eigenvalue weighted by Gasteiger charge is 2.21. The van der Waals surface area contributed by atoms with Crippen molar-refractivity contribution in [3.8, 4) is 0 Å². The van der Waals surface area contributed by atoms with Crippen LogP contribution in [0.5, 0.6) is 0 Å². The van der Waals surface area contributed by atoms with Crippen LogP contribution in [0.3, 0.4) is 0 Å². The average molecular weight is 442 g/mol. The van der Waals surface area contributed by atoms with Gasteiger partial charge in [0, 0.05) is 17.5 Å². The zero-order valence-electron chi connectivity index (χ0n) is 16.2. The molecule has 0 saturated heterocycles. The Morgan fingerprint density at radius 3 is 2.45 bits per heavy atom. The SMILES string of the molecule is COC(=O)CCCCCCC(NS(=O)(=O)c1ccc(Cl)cc1)c1cccc(F)c1. The predicted octanol–water partition coefficient (Wildman–Crippen LogP) is 5.01. The number of sulfonamides is 1. The Morgan fingerprint density at radius 1 is 1.10 bits per heavy atom. The van der Waals surface area contributed by atoms with Crippen LogP contribution in [-0.4, -0.2) is 21.5 Å². The molecule has 1 unspecified atom stereocenters. The summed E-state index contributed by atoms with van der Waals surface area (Å²) in [6.07, 6.45) is 3.97. The Labute approximate surface area is 176 Å². The molecule has 0 fully saturated rings. The van der Waals surface area contributed by atoms with E-state index >= 15 is 0 Å². The van der Waals surface area contributed by atoms with Crippen LogP contribution in [-0.2, 0) is 19.6 Å². The van der Waals surface area contributed by atoms with Crippen LogP contribution in [0.15, 0.2) is 53.4 Å². The summed E-state index contributed by atoms with van der Waals surface area (Å²) in [4.78, 5) is 11.2. The molecule has 0 radical (unpaired) electrons. The van der Waals surface area contributed by atoms with Gasteiger partial charge in [0.15, 0.2) is 0 Å². The third-order valence-electron chi connectivity index (χ3n) is 4.52. The average Bonchev–Trinajstić information content (AvgIpc) is 2.69. The maximum Gasteiger partial charge on any atom is 0.305 e. The minimum Gasteiger partial charge on any atom is -0.469 e. The highest BCUT2D eigenvalue weighted by molar-refractivity contribution is 7.89. The Hall–Kier alpha value is -1.96. The Balaban J connectivity index is 2.04. The van der Waals surface area contributed by atoms with E-state index in [9.17, 15) is 17.6 Å². The number of carbonyl (C=O) groups excluding carboxylic acids is 1. The highest BCUT2D eigenvalue weighted by Crippen LogP contribution is 2.24. The van der Waals surface area contributed by atoms with Crippen molar-refractivity contribution in [2.24, 2.45) is 0 Å². The Bertz CT molecular complexity index is 903. The van der Waals surface area contributed by atoms with E-state index in [1.165, 1.54) is 43.5 Å². The van der Waals surface area contributed by atoms with E-state index in [-0.39, 0.29) is 10.9 Å². The zero-order chi connectivity index (χ0) is 21.3. The van der Waals surface area contributed by atoms with Crippen molar-refractivity contribution < 1.29 is 22.3 Å². The second-order valence-electron chi connectivity index (χ2n) is 6.71. The van der Waals surface area contributed by atoms with Crippen LogP contribution in [0.1, 0.15) is 50.1 Å². The van der Waals surface area contributed by atoms with E-state index in [1.54, 1.807) is 12.1 Å². The molecule has 8 heteroatoms. The zero-order valence-corrected chi connectivity index (χ0v) is 17.8. The summed E-state index contributed by atoms with van der Waals surface area (Å²) < 4.78 is 46.5. The molecule has 2 rings (SSSR count). The number of hydrogen-bond donors (Lipinski definition) is 1. The monoisotopic (exact) mass is 441 g/mol. The predicted molar refractivity (Wildman–Crippen MR) is 111 cm³/mol. The highest BCUT2D eigenvalue weighted by atomic mass is 35.5. The molecule has 158 valence electrons. The van der Waals surface area contributed by atoms with Crippen LogP contribution in [0.4, 0.5) is 4.39 Å². The lowest BCUT2D eigenvalue weighted by molar-refractivity contribution is -0.140. The van der Waals surface area contributed by atoms with Gasteiger partial charge in [-0.25, -0.2) is 17.5 Å². The van der Waals surface area contributed by atoms with Crippen molar-refractivity contribution in [2.45, 2.75) is 49.5 Å². The van der Waals surface area contributed by atoms with Crippen molar-refractivity contribution >= 4 is 27.6 Å². The first kappa shape index (κ1) is 23.3. The second kappa shape index (κ2) is 11.3. The third kappa shape index (κ3) is 7.76. The molecule has 0 spiro atoms. The fourth-order valence-electron chi connectivity index (χ4n) is 2.96. The van der Waals surface area contributed by atoms with Gasteiger partial charge in [-0.1, -0.05) is 43.0 Å². The minimum atomic E-state index is -3.79. The number of hydrogen-bond acceptors (Lipinski definition) is 4. The standard InChI is InChI=1S/C21H25ClFNO4S/c1-28-21(25)10-5-3-2-4-9-20(16-7-6-8-18(23)15-16)24-29(26,27)19-13-11-17(22)12-14-19/h6-8,11-15,20,24H,2-5,9-10H2,1H3. The maximum absolute atomic E-state index is 13.7. The molecule has 2 aromatic rings. The van der Waals surface area contributed by atoms with Crippen molar-refractivity contribution in [2.75, 3.05) is 7.11 Å². The van der Waals surface area contributed by atoms with E-state index < -0.39 is 21.9 Å². The molecule has 1 atom stereocenters. The third-order valence-corrected chi connectivity index (χ3v) is 6.26. The molecule has 2 aromatic carbocycles. The maximum atomic E-state index is 13.7. The lowest BCUT2D eigenvalue weighted by atomic mass is 10.0. The molecule has 0 heterocycles. The van der Waals surface area contributed by atoms with Gasteiger partial charge in [0.25, 0.3) is 0 Å². The van der Waals surface area contributed by atoms with E-state index in [0.717, 1.165) is 19.3 Å². The molecule has 0 bridgehead atoms. The molecular weight excluding hydrogens is 417 g/mol. The Kier molecular flexibility index (Phi) is 9.07. The fraction of sp³-hybridized carbons (Fsp3) is 0.381. The lowest BCUT2D eigenvalue weighted by Crippen LogP contribution is -2.28. The molecule has 0 aromatic heterocycles. The molecular formula is C21H25ClFNO4S. The van der Waals surface area contributed by atoms with E-state index in [0.29, 0.717) is 29.8 Å². The van der Waals surface area contributed by atoms with E-state index in [2.05, 4.69) is 9.46 Å². The van der Waals surface area contributed by atoms with Crippen molar-refractivity contribution in [1.82, 2.24) is 4.72 Å². The van der Waals surface area contributed by atoms with Gasteiger partial charge >= 0.3 is 5.97 Å². The number of halogens is 2. The molecule has 5 nitrogen and oxygen atoms in total. The van der Waals surface area contributed by atoms with Crippen molar-refractivity contribution in [3.63, 3.8) is 0 Å².